The molecule has 0 atom stereocenters. The summed E-state index contributed by atoms with van der Waals surface area (Å²) in [4.78, 5) is 2.07. The molecule has 2 aromatic carbocycles. The highest BCUT2D eigenvalue weighted by atomic mass is 16.5. The number of benzene rings is 2. The average molecular weight is 284 g/mol. The van der Waals surface area contributed by atoms with Crippen LogP contribution in [-0.2, 0) is 13.2 Å². The zero-order chi connectivity index (χ0) is 15.1. The second kappa shape index (κ2) is 7.70. The SMILES string of the molecule is CCNCc1ccc(COc2cccc(N(C)C)c2)cc1. The van der Waals surface area contributed by atoms with Gasteiger partial charge in [0, 0.05) is 32.4 Å². The van der Waals surface area contributed by atoms with E-state index < -0.39 is 0 Å². The van der Waals surface area contributed by atoms with Crippen molar-refractivity contribution in [3.05, 3.63) is 59.7 Å². The maximum Gasteiger partial charge on any atom is 0.121 e. The lowest BCUT2D eigenvalue weighted by Crippen LogP contribution is -2.11. The molecule has 1 N–H and O–H groups in total. The van der Waals surface area contributed by atoms with Crippen LogP contribution in [0.25, 0.3) is 0 Å². The van der Waals surface area contributed by atoms with Gasteiger partial charge < -0.3 is 15.0 Å². The molecule has 21 heavy (non-hydrogen) atoms. The Morgan fingerprint density at radius 1 is 1.00 bits per heavy atom. The van der Waals surface area contributed by atoms with Crippen LogP contribution in [0.2, 0.25) is 0 Å². The summed E-state index contributed by atoms with van der Waals surface area (Å²) >= 11 is 0. The molecule has 0 radical (unpaired) electrons. The van der Waals surface area contributed by atoms with Gasteiger partial charge in [0.15, 0.2) is 0 Å². The van der Waals surface area contributed by atoms with E-state index in [-0.39, 0.29) is 0 Å². The standard InChI is InChI=1S/C18H24N2O/c1-4-19-13-15-8-10-16(11-9-15)14-21-18-7-5-6-17(12-18)20(2)3/h5-12,19H,4,13-14H2,1-3H3. The average Bonchev–Trinajstić information content (AvgIpc) is 2.52. The third-order valence-corrected chi connectivity index (χ3v) is 3.34. The molecule has 0 heterocycles. The number of nitrogens with one attached hydrogen (secondary N) is 1. The monoisotopic (exact) mass is 284 g/mol. The summed E-state index contributed by atoms with van der Waals surface area (Å²) in [5.74, 6) is 0.901. The molecule has 0 aliphatic heterocycles. The first-order valence-corrected chi connectivity index (χ1v) is 7.37. The van der Waals surface area contributed by atoms with Gasteiger partial charge in [-0.2, -0.15) is 0 Å². The van der Waals surface area contributed by atoms with Crippen molar-refractivity contribution < 1.29 is 4.74 Å². The maximum absolute atomic E-state index is 5.86. The molecular weight excluding hydrogens is 260 g/mol. The minimum absolute atomic E-state index is 0.596. The van der Waals surface area contributed by atoms with Crippen molar-refractivity contribution in [1.82, 2.24) is 5.32 Å². The molecule has 112 valence electrons. The van der Waals surface area contributed by atoms with Gasteiger partial charge in [0.25, 0.3) is 0 Å². The molecular formula is C18H24N2O. The Hall–Kier alpha value is -2.00. The topological polar surface area (TPSA) is 24.5 Å². The maximum atomic E-state index is 5.86. The van der Waals surface area contributed by atoms with E-state index in [0.717, 1.165) is 24.5 Å². The Morgan fingerprint density at radius 3 is 2.38 bits per heavy atom. The summed E-state index contributed by atoms with van der Waals surface area (Å²) in [6, 6.07) is 16.7. The van der Waals surface area contributed by atoms with Crippen molar-refractivity contribution in [2.24, 2.45) is 0 Å². The Bertz CT molecular complexity index is 549. The van der Waals surface area contributed by atoms with Crippen LogP contribution in [0.3, 0.4) is 0 Å². The van der Waals surface area contributed by atoms with E-state index in [4.69, 9.17) is 4.74 Å². The van der Waals surface area contributed by atoms with Gasteiger partial charge in [0.2, 0.25) is 0 Å². The van der Waals surface area contributed by atoms with Crippen molar-refractivity contribution in [3.63, 3.8) is 0 Å². The highest BCUT2D eigenvalue weighted by Crippen LogP contribution is 2.20. The van der Waals surface area contributed by atoms with Crippen molar-refractivity contribution in [2.75, 3.05) is 25.5 Å². The van der Waals surface area contributed by atoms with Crippen LogP contribution in [0.1, 0.15) is 18.1 Å². The number of anilines is 1. The molecule has 0 aromatic heterocycles. The summed E-state index contributed by atoms with van der Waals surface area (Å²) in [6.45, 7) is 4.62. The van der Waals surface area contributed by atoms with Crippen molar-refractivity contribution in [2.45, 2.75) is 20.1 Å². The van der Waals surface area contributed by atoms with E-state index in [1.807, 2.05) is 26.2 Å². The predicted molar refractivity (Wildman–Crippen MR) is 88.9 cm³/mol. The van der Waals surface area contributed by atoms with E-state index >= 15 is 0 Å². The normalized spacial score (nSPS) is 10.4. The molecule has 2 rings (SSSR count). The molecule has 0 unspecified atom stereocenters. The highest BCUT2D eigenvalue weighted by Gasteiger charge is 2.00. The zero-order valence-electron chi connectivity index (χ0n) is 13.1. The van der Waals surface area contributed by atoms with Gasteiger partial charge in [-0.25, -0.2) is 0 Å². The van der Waals surface area contributed by atoms with Crippen LogP contribution >= 0.6 is 0 Å². The Labute approximate surface area is 127 Å². The highest BCUT2D eigenvalue weighted by molar-refractivity contribution is 5.49. The second-order valence-corrected chi connectivity index (χ2v) is 5.28. The second-order valence-electron chi connectivity index (χ2n) is 5.28. The molecule has 0 amide bonds. The first-order valence-electron chi connectivity index (χ1n) is 7.37. The van der Waals surface area contributed by atoms with E-state index in [9.17, 15) is 0 Å². The van der Waals surface area contributed by atoms with Crippen molar-refractivity contribution in [3.8, 4) is 5.75 Å². The van der Waals surface area contributed by atoms with Crippen molar-refractivity contribution in [1.29, 1.82) is 0 Å². The van der Waals surface area contributed by atoms with Gasteiger partial charge in [-0.3, -0.25) is 0 Å². The molecule has 0 spiro atoms. The summed E-state index contributed by atoms with van der Waals surface area (Å²) in [5.41, 5.74) is 3.63. The lowest BCUT2D eigenvalue weighted by Gasteiger charge is -2.14. The smallest absolute Gasteiger partial charge is 0.121 e. The first kappa shape index (κ1) is 15.4. The number of hydrogen-bond acceptors (Lipinski definition) is 3. The van der Waals surface area contributed by atoms with Gasteiger partial charge in [0.1, 0.15) is 12.4 Å². The number of ether oxygens (including phenoxy) is 1. The third kappa shape index (κ3) is 4.80. The van der Waals surface area contributed by atoms with E-state index in [1.165, 1.54) is 11.1 Å². The summed E-state index contributed by atoms with van der Waals surface area (Å²) in [6.07, 6.45) is 0. The molecule has 0 aliphatic rings. The minimum atomic E-state index is 0.596. The fourth-order valence-electron chi connectivity index (χ4n) is 2.04. The molecule has 3 heteroatoms. The summed E-state index contributed by atoms with van der Waals surface area (Å²) < 4.78 is 5.86. The summed E-state index contributed by atoms with van der Waals surface area (Å²) in [5, 5.41) is 3.32. The Kier molecular flexibility index (Phi) is 5.64. The summed E-state index contributed by atoms with van der Waals surface area (Å²) in [7, 11) is 4.06. The number of rotatable bonds is 7. The van der Waals surface area contributed by atoms with Crippen LogP contribution in [-0.4, -0.2) is 20.6 Å². The minimum Gasteiger partial charge on any atom is -0.489 e. The molecule has 0 saturated heterocycles. The van der Waals surface area contributed by atoms with Crippen LogP contribution < -0.4 is 15.0 Å². The number of nitrogens with zero attached hydrogens (tertiary/aromatic N) is 1. The molecule has 0 fully saturated rings. The van der Waals surface area contributed by atoms with Gasteiger partial charge in [-0.15, -0.1) is 0 Å². The Morgan fingerprint density at radius 2 is 1.71 bits per heavy atom. The lowest BCUT2D eigenvalue weighted by molar-refractivity contribution is 0.306. The van der Waals surface area contributed by atoms with Gasteiger partial charge in [-0.05, 0) is 29.8 Å². The van der Waals surface area contributed by atoms with E-state index in [1.54, 1.807) is 0 Å². The van der Waals surface area contributed by atoms with Crippen molar-refractivity contribution >= 4 is 5.69 Å². The van der Waals surface area contributed by atoms with Crippen LogP contribution in [0.15, 0.2) is 48.5 Å². The van der Waals surface area contributed by atoms with E-state index in [2.05, 4.69) is 53.5 Å². The molecule has 0 bridgehead atoms. The molecule has 3 nitrogen and oxygen atoms in total. The van der Waals surface area contributed by atoms with Gasteiger partial charge in [-0.1, -0.05) is 37.3 Å². The first-order chi connectivity index (χ1) is 10.2. The molecule has 0 aliphatic carbocycles. The zero-order valence-corrected chi connectivity index (χ0v) is 13.1. The fourth-order valence-corrected chi connectivity index (χ4v) is 2.04. The predicted octanol–water partition coefficient (Wildman–Crippen LogP) is 3.44. The third-order valence-electron chi connectivity index (χ3n) is 3.34. The van der Waals surface area contributed by atoms with Crippen LogP contribution in [0.5, 0.6) is 5.75 Å². The molecule has 0 saturated carbocycles. The van der Waals surface area contributed by atoms with Gasteiger partial charge in [0.05, 0.1) is 0 Å². The quantitative estimate of drug-likeness (QED) is 0.843. The molecule has 2 aromatic rings. The Balaban J connectivity index is 1.92. The lowest BCUT2D eigenvalue weighted by atomic mass is 10.1. The van der Waals surface area contributed by atoms with Crippen LogP contribution in [0, 0.1) is 0 Å². The number of hydrogen-bond donors (Lipinski definition) is 1. The van der Waals surface area contributed by atoms with Crippen LogP contribution in [0.4, 0.5) is 5.69 Å². The van der Waals surface area contributed by atoms with E-state index in [0.29, 0.717) is 6.61 Å². The fraction of sp³-hybridized carbons (Fsp3) is 0.333. The van der Waals surface area contributed by atoms with Gasteiger partial charge >= 0.3 is 0 Å². The largest absolute Gasteiger partial charge is 0.489 e.